The molecule has 0 aliphatic heterocycles. The van der Waals surface area contributed by atoms with E-state index in [2.05, 4.69) is 6.58 Å². The zero-order chi connectivity index (χ0) is 10.6. The van der Waals surface area contributed by atoms with Crippen LogP contribution in [0, 0.1) is 0 Å². The van der Waals surface area contributed by atoms with E-state index in [4.69, 9.17) is 5.11 Å². The maximum atomic E-state index is 12.8. The summed E-state index contributed by atoms with van der Waals surface area (Å²) in [7, 11) is 0. The lowest BCUT2D eigenvalue weighted by molar-refractivity contribution is -0.0445. The molecule has 1 aromatic rings. The predicted molar refractivity (Wildman–Crippen MR) is 52.1 cm³/mol. The summed E-state index contributed by atoms with van der Waals surface area (Å²) in [6, 6.07) is 8.77. The maximum Gasteiger partial charge on any atom is 0.274 e. The van der Waals surface area contributed by atoms with Gasteiger partial charge in [-0.05, 0) is 11.1 Å². The third-order valence-electron chi connectivity index (χ3n) is 1.89. The molecule has 0 atom stereocenters. The molecule has 0 aromatic heterocycles. The van der Waals surface area contributed by atoms with Gasteiger partial charge < -0.3 is 5.11 Å². The molecule has 0 fully saturated rings. The van der Waals surface area contributed by atoms with Crippen LogP contribution >= 0.6 is 0 Å². The molecule has 0 aliphatic rings. The van der Waals surface area contributed by atoms with Gasteiger partial charge in [-0.2, -0.15) is 0 Å². The fourth-order valence-corrected chi connectivity index (χ4v) is 1.14. The largest absolute Gasteiger partial charge is 0.390 e. The van der Waals surface area contributed by atoms with E-state index in [1.54, 1.807) is 30.3 Å². The zero-order valence-corrected chi connectivity index (χ0v) is 7.71. The molecule has 1 rings (SSSR count). The lowest BCUT2D eigenvalue weighted by Gasteiger charge is -2.14. The van der Waals surface area contributed by atoms with E-state index in [1.165, 1.54) is 0 Å². The van der Waals surface area contributed by atoms with Crippen molar-refractivity contribution in [1.29, 1.82) is 0 Å². The highest BCUT2D eigenvalue weighted by molar-refractivity contribution is 5.63. The summed E-state index contributed by atoms with van der Waals surface area (Å²) in [5.74, 6) is -3.08. The number of aliphatic hydroxyl groups is 1. The van der Waals surface area contributed by atoms with Gasteiger partial charge in [-0.3, -0.25) is 0 Å². The monoisotopic (exact) mass is 198 g/mol. The topological polar surface area (TPSA) is 20.2 Å². The van der Waals surface area contributed by atoms with Crippen LogP contribution < -0.4 is 0 Å². The quantitative estimate of drug-likeness (QED) is 0.788. The van der Waals surface area contributed by atoms with Crippen LogP contribution in [0.2, 0.25) is 0 Å². The number of alkyl halides is 2. The third-order valence-corrected chi connectivity index (χ3v) is 1.89. The lowest BCUT2D eigenvalue weighted by Crippen LogP contribution is -2.21. The Morgan fingerprint density at radius 1 is 1.29 bits per heavy atom. The van der Waals surface area contributed by atoms with Crippen molar-refractivity contribution in [3.05, 3.63) is 42.5 Å². The number of aliphatic hydroxyl groups excluding tert-OH is 1. The second-order valence-corrected chi connectivity index (χ2v) is 3.16. The zero-order valence-electron chi connectivity index (χ0n) is 7.71. The van der Waals surface area contributed by atoms with E-state index in [-0.39, 0.29) is 0 Å². The predicted octanol–water partition coefficient (Wildman–Crippen LogP) is 2.72. The second-order valence-electron chi connectivity index (χ2n) is 3.16. The minimum atomic E-state index is -3.08. The molecular formula is C11H12F2O. The van der Waals surface area contributed by atoms with Crippen LogP contribution in [-0.2, 0) is 0 Å². The van der Waals surface area contributed by atoms with Crippen molar-refractivity contribution in [2.24, 2.45) is 0 Å². The number of allylic oxidation sites excluding steroid dienone is 1. The number of benzene rings is 1. The van der Waals surface area contributed by atoms with Crippen molar-refractivity contribution in [2.45, 2.75) is 12.3 Å². The van der Waals surface area contributed by atoms with Crippen LogP contribution in [0.25, 0.3) is 5.57 Å². The smallest absolute Gasteiger partial charge is 0.274 e. The van der Waals surface area contributed by atoms with Crippen molar-refractivity contribution in [3.63, 3.8) is 0 Å². The molecule has 0 unspecified atom stereocenters. The average molecular weight is 198 g/mol. The molecule has 3 heteroatoms. The summed E-state index contributed by atoms with van der Waals surface area (Å²) in [5.41, 5.74) is 1.02. The summed E-state index contributed by atoms with van der Waals surface area (Å²) in [6.45, 7) is 2.43. The van der Waals surface area contributed by atoms with E-state index in [0.717, 1.165) is 0 Å². The Labute approximate surface area is 81.7 Å². The molecule has 76 valence electrons. The van der Waals surface area contributed by atoms with Gasteiger partial charge in [0.05, 0.1) is 0 Å². The first-order chi connectivity index (χ1) is 6.55. The first-order valence-electron chi connectivity index (χ1n) is 4.27. The number of hydrogen-bond acceptors (Lipinski definition) is 1. The molecule has 0 heterocycles. The van der Waals surface area contributed by atoms with E-state index >= 15 is 0 Å². The van der Waals surface area contributed by atoms with E-state index in [0.29, 0.717) is 11.1 Å². The standard InChI is InChI=1S/C11H12F2O/c1-9(7-11(12,13)8-14)10-5-3-2-4-6-10/h2-6,14H,1,7-8H2. The number of rotatable bonds is 4. The van der Waals surface area contributed by atoms with Gasteiger partial charge in [-0.1, -0.05) is 36.9 Å². The summed E-state index contributed by atoms with van der Waals surface area (Å²) in [5, 5.41) is 8.40. The number of halogens is 2. The van der Waals surface area contributed by atoms with Gasteiger partial charge in [0.1, 0.15) is 6.61 Å². The molecule has 0 saturated carbocycles. The third kappa shape index (κ3) is 2.92. The van der Waals surface area contributed by atoms with Gasteiger partial charge in [0.15, 0.2) is 0 Å². The first kappa shape index (κ1) is 10.9. The molecule has 1 N–H and O–H groups in total. The second kappa shape index (κ2) is 4.33. The lowest BCUT2D eigenvalue weighted by atomic mass is 10.0. The molecule has 1 nitrogen and oxygen atoms in total. The fourth-order valence-electron chi connectivity index (χ4n) is 1.14. The van der Waals surface area contributed by atoms with Crippen LogP contribution in [-0.4, -0.2) is 17.6 Å². The maximum absolute atomic E-state index is 12.8. The highest BCUT2D eigenvalue weighted by Crippen LogP contribution is 2.27. The Bertz CT molecular complexity index is 306. The number of hydrogen-bond donors (Lipinski definition) is 1. The Hall–Kier alpha value is -1.22. The molecule has 0 aliphatic carbocycles. The Morgan fingerprint density at radius 3 is 2.36 bits per heavy atom. The van der Waals surface area contributed by atoms with E-state index < -0.39 is 19.0 Å². The van der Waals surface area contributed by atoms with Crippen LogP contribution in [0.1, 0.15) is 12.0 Å². The van der Waals surface area contributed by atoms with Gasteiger partial charge in [0, 0.05) is 6.42 Å². The molecule has 0 spiro atoms. The average Bonchev–Trinajstić information content (AvgIpc) is 2.19. The van der Waals surface area contributed by atoms with Gasteiger partial charge in [-0.15, -0.1) is 0 Å². The Morgan fingerprint density at radius 2 is 1.86 bits per heavy atom. The molecule has 1 aromatic carbocycles. The van der Waals surface area contributed by atoms with Crippen molar-refractivity contribution in [3.8, 4) is 0 Å². The SMILES string of the molecule is C=C(CC(F)(F)CO)c1ccccc1. The van der Waals surface area contributed by atoms with Crippen molar-refractivity contribution < 1.29 is 13.9 Å². The van der Waals surface area contributed by atoms with E-state index in [1.807, 2.05) is 0 Å². The fraction of sp³-hybridized carbons (Fsp3) is 0.273. The van der Waals surface area contributed by atoms with Gasteiger partial charge in [0.2, 0.25) is 0 Å². The van der Waals surface area contributed by atoms with Crippen LogP contribution in [0.15, 0.2) is 36.9 Å². The first-order valence-corrected chi connectivity index (χ1v) is 4.27. The van der Waals surface area contributed by atoms with Crippen LogP contribution in [0.4, 0.5) is 8.78 Å². The molecule has 0 amide bonds. The van der Waals surface area contributed by atoms with E-state index in [9.17, 15) is 8.78 Å². The highest BCUT2D eigenvalue weighted by Gasteiger charge is 2.28. The Balaban J connectivity index is 2.69. The normalized spacial score (nSPS) is 11.4. The highest BCUT2D eigenvalue weighted by atomic mass is 19.3. The molecule has 14 heavy (non-hydrogen) atoms. The summed E-state index contributed by atoms with van der Waals surface area (Å²) >= 11 is 0. The summed E-state index contributed by atoms with van der Waals surface area (Å²) < 4.78 is 25.6. The summed E-state index contributed by atoms with van der Waals surface area (Å²) in [6.07, 6.45) is -0.506. The summed E-state index contributed by atoms with van der Waals surface area (Å²) in [4.78, 5) is 0. The van der Waals surface area contributed by atoms with Gasteiger partial charge >= 0.3 is 0 Å². The van der Waals surface area contributed by atoms with Crippen LogP contribution in [0.5, 0.6) is 0 Å². The molecule has 0 radical (unpaired) electrons. The van der Waals surface area contributed by atoms with Crippen molar-refractivity contribution in [2.75, 3.05) is 6.61 Å². The van der Waals surface area contributed by atoms with Crippen molar-refractivity contribution in [1.82, 2.24) is 0 Å². The minimum Gasteiger partial charge on any atom is -0.390 e. The molecular weight excluding hydrogens is 186 g/mol. The Kier molecular flexibility index (Phi) is 3.36. The molecule has 0 bridgehead atoms. The van der Waals surface area contributed by atoms with Gasteiger partial charge in [0.25, 0.3) is 5.92 Å². The molecule has 0 saturated heterocycles. The van der Waals surface area contributed by atoms with Crippen LogP contribution in [0.3, 0.4) is 0 Å². The van der Waals surface area contributed by atoms with Gasteiger partial charge in [-0.25, -0.2) is 8.78 Å². The van der Waals surface area contributed by atoms with Crippen molar-refractivity contribution >= 4 is 5.57 Å². The minimum absolute atomic E-state index is 0.338.